The molecule has 0 N–H and O–H groups in total. The summed E-state index contributed by atoms with van der Waals surface area (Å²) in [6, 6.07) is 14.6. The largest absolute Gasteiger partial charge is 0.281 e. The molecule has 2 heterocycles. The highest BCUT2D eigenvalue weighted by Gasteiger charge is 2.18. The first kappa shape index (κ1) is 20.3. The number of rotatable bonds is 6. The standard InChI is InChI=1S/C23H23FN4OS/c1-4-28-21-20(16(3)26-28)25-23(30-14-18-6-5-7-19(24)12-18)27(22(21)29)13-17-10-8-15(2)9-11-17/h5-12H,4,13-14H2,1-3H3. The van der Waals surface area contributed by atoms with Gasteiger partial charge in [0.05, 0.1) is 12.2 Å². The average Bonchev–Trinajstić information content (AvgIpc) is 3.06. The van der Waals surface area contributed by atoms with Gasteiger partial charge in [-0.1, -0.05) is 53.7 Å². The predicted molar refractivity (Wildman–Crippen MR) is 118 cm³/mol. The summed E-state index contributed by atoms with van der Waals surface area (Å²) in [4.78, 5) is 18.3. The van der Waals surface area contributed by atoms with Crippen LogP contribution in [-0.2, 0) is 18.8 Å². The van der Waals surface area contributed by atoms with Gasteiger partial charge in [-0.15, -0.1) is 0 Å². The quantitative estimate of drug-likeness (QED) is 0.334. The van der Waals surface area contributed by atoms with Gasteiger partial charge in [-0.2, -0.15) is 5.10 Å². The molecule has 7 heteroatoms. The molecular weight excluding hydrogens is 399 g/mol. The molecule has 0 radical (unpaired) electrons. The van der Waals surface area contributed by atoms with Crippen molar-refractivity contribution in [1.82, 2.24) is 19.3 Å². The van der Waals surface area contributed by atoms with Crippen LogP contribution >= 0.6 is 11.8 Å². The van der Waals surface area contributed by atoms with Gasteiger partial charge in [0.1, 0.15) is 11.3 Å². The molecule has 0 aliphatic rings. The van der Waals surface area contributed by atoms with Gasteiger partial charge in [0, 0.05) is 12.3 Å². The minimum atomic E-state index is -0.270. The van der Waals surface area contributed by atoms with Crippen molar-refractivity contribution in [3.05, 3.63) is 87.1 Å². The fraction of sp³-hybridized carbons (Fsp3) is 0.261. The molecule has 4 aromatic rings. The molecule has 0 aliphatic carbocycles. The number of hydrogen-bond acceptors (Lipinski definition) is 4. The number of nitrogens with zero attached hydrogens (tertiary/aromatic N) is 4. The molecule has 0 atom stereocenters. The number of aryl methyl sites for hydroxylation is 3. The Morgan fingerprint density at radius 1 is 1.07 bits per heavy atom. The van der Waals surface area contributed by atoms with E-state index >= 15 is 0 Å². The zero-order chi connectivity index (χ0) is 21.3. The zero-order valence-corrected chi connectivity index (χ0v) is 18.0. The minimum Gasteiger partial charge on any atom is -0.281 e. The molecule has 0 saturated heterocycles. The van der Waals surface area contributed by atoms with Gasteiger partial charge in [-0.25, -0.2) is 9.37 Å². The van der Waals surface area contributed by atoms with Crippen LogP contribution in [0.3, 0.4) is 0 Å². The average molecular weight is 423 g/mol. The number of benzene rings is 2. The van der Waals surface area contributed by atoms with E-state index in [4.69, 9.17) is 4.98 Å². The number of fused-ring (bicyclic) bond motifs is 1. The van der Waals surface area contributed by atoms with Gasteiger partial charge >= 0.3 is 0 Å². The lowest BCUT2D eigenvalue weighted by molar-refractivity contribution is 0.626. The second kappa shape index (κ2) is 8.44. The molecule has 0 aliphatic heterocycles. The van der Waals surface area contributed by atoms with Crippen LogP contribution in [-0.4, -0.2) is 19.3 Å². The first-order chi connectivity index (χ1) is 14.5. The Labute approximate surface area is 178 Å². The zero-order valence-electron chi connectivity index (χ0n) is 17.2. The highest BCUT2D eigenvalue weighted by Crippen LogP contribution is 2.24. The fourth-order valence-electron chi connectivity index (χ4n) is 3.42. The van der Waals surface area contributed by atoms with E-state index in [0.29, 0.717) is 35.0 Å². The predicted octanol–water partition coefficient (Wildman–Crippen LogP) is 4.71. The van der Waals surface area contributed by atoms with E-state index in [1.54, 1.807) is 15.3 Å². The van der Waals surface area contributed by atoms with E-state index in [-0.39, 0.29) is 11.4 Å². The summed E-state index contributed by atoms with van der Waals surface area (Å²) in [7, 11) is 0. The second-order valence-corrected chi connectivity index (χ2v) is 8.23. The molecule has 0 unspecified atom stereocenters. The van der Waals surface area contributed by atoms with Crippen molar-refractivity contribution in [1.29, 1.82) is 0 Å². The van der Waals surface area contributed by atoms with Crippen LogP contribution in [0.5, 0.6) is 0 Å². The number of halogens is 1. The normalized spacial score (nSPS) is 11.3. The summed E-state index contributed by atoms with van der Waals surface area (Å²) >= 11 is 1.43. The Bertz CT molecular complexity index is 1260. The Balaban J connectivity index is 1.80. The topological polar surface area (TPSA) is 52.7 Å². The highest BCUT2D eigenvalue weighted by atomic mass is 32.2. The molecule has 154 valence electrons. The van der Waals surface area contributed by atoms with Crippen molar-refractivity contribution < 1.29 is 4.39 Å². The lowest BCUT2D eigenvalue weighted by Crippen LogP contribution is -2.25. The third-order valence-electron chi connectivity index (χ3n) is 5.00. The lowest BCUT2D eigenvalue weighted by Gasteiger charge is -2.13. The Morgan fingerprint density at radius 3 is 2.53 bits per heavy atom. The molecule has 0 bridgehead atoms. The Hall–Kier alpha value is -2.93. The second-order valence-electron chi connectivity index (χ2n) is 7.29. The van der Waals surface area contributed by atoms with Crippen molar-refractivity contribution >= 4 is 22.8 Å². The van der Waals surface area contributed by atoms with Crippen molar-refractivity contribution in [2.45, 2.75) is 44.8 Å². The van der Waals surface area contributed by atoms with Crippen LogP contribution in [0.1, 0.15) is 29.3 Å². The summed E-state index contributed by atoms with van der Waals surface area (Å²) in [6.45, 7) is 6.88. The highest BCUT2D eigenvalue weighted by molar-refractivity contribution is 7.98. The molecule has 2 aromatic carbocycles. The van der Waals surface area contributed by atoms with E-state index in [2.05, 4.69) is 5.10 Å². The smallest absolute Gasteiger partial charge is 0.280 e. The van der Waals surface area contributed by atoms with E-state index in [9.17, 15) is 9.18 Å². The summed E-state index contributed by atoms with van der Waals surface area (Å²) in [5.41, 5.74) is 4.82. The molecule has 0 amide bonds. The van der Waals surface area contributed by atoms with Crippen molar-refractivity contribution in [2.24, 2.45) is 0 Å². The van der Waals surface area contributed by atoms with E-state index in [1.165, 1.54) is 29.5 Å². The molecule has 30 heavy (non-hydrogen) atoms. The van der Waals surface area contributed by atoms with Crippen molar-refractivity contribution in [3.63, 3.8) is 0 Å². The maximum Gasteiger partial charge on any atom is 0.280 e. The summed E-state index contributed by atoms with van der Waals surface area (Å²) in [5.74, 6) is 0.249. The van der Waals surface area contributed by atoms with E-state index in [0.717, 1.165) is 16.8 Å². The van der Waals surface area contributed by atoms with Gasteiger partial charge in [0.2, 0.25) is 0 Å². The molecular formula is C23H23FN4OS. The fourth-order valence-corrected chi connectivity index (χ4v) is 4.35. The van der Waals surface area contributed by atoms with Crippen LogP contribution < -0.4 is 5.56 Å². The van der Waals surface area contributed by atoms with Gasteiger partial charge in [-0.3, -0.25) is 14.0 Å². The van der Waals surface area contributed by atoms with Gasteiger partial charge in [0.25, 0.3) is 5.56 Å². The van der Waals surface area contributed by atoms with Gasteiger partial charge < -0.3 is 0 Å². The van der Waals surface area contributed by atoms with Crippen LogP contribution in [0.4, 0.5) is 4.39 Å². The molecule has 5 nitrogen and oxygen atoms in total. The minimum absolute atomic E-state index is 0.107. The third-order valence-corrected chi connectivity index (χ3v) is 6.05. The van der Waals surface area contributed by atoms with Crippen molar-refractivity contribution in [3.8, 4) is 0 Å². The van der Waals surface area contributed by atoms with Gasteiger partial charge in [0.15, 0.2) is 10.7 Å². The molecule has 2 aromatic heterocycles. The molecule has 4 rings (SSSR count). The first-order valence-electron chi connectivity index (χ1n) is 9.87. The SMILES string of the molecule is CCn1nc(C)c2nc(SCc3cccc(F)c3)n(Cc3ccc(C)cc3)c(=O)c21. The number of aromatic nitrogens is 4. The molecule has 0 fully saturated rings. The molecule has 0 saturated carbocycles. The maximum absolute atomic E-state index is 13.6. The first-order valence-corrected chi connectivity index (χ1v) is 10.9. The van der Waals surface area contributed by atoms with E-state index < -0.39 is 0 Å². The number of thioether (sulfide) groups is 1. The van der Waals surface area contributed by atoms with Crippen LogP contribution in [0.15, 0.2) is 58.5 Å². The van der Waals surface area contributed by atoms with Crippen LogP contribution in [0, 0.1) is 19.7 Å². The Morgan fingerprint density at radius 2 is 1.83 bits per heavy atom. The summed E-state index contributed by atoms with van der Waals surface area (Å²) < 4.78 is 17.0. The number of hydrogen-bond donors (Lipinski definition) is 0. The molecule has 0 spiro atoms. The third kappa shape index (κ3) is 4.03. The lowest BCUT2D eigenvalue weighted by atomic mass is 10.1. The van der Waals surface area contributed by atoms with Crippen molar-refractivity contribution in [2.75, 3.05) is 0 Å². The summed E-state index contributed by atoms with van der Waals surface area (Å²) in [6.07, 6.45) is 0. The Kier molecular flexibility index (Phi) is 5.72. The maximum atomic E-state index is 13.6. The van der Waals surface area contributed by atoms with Gasteiger partial charge in [-0.05, 0) is 44.0 Å². The van der Waals surface area contributed by atoms with E-state index in [1.807, 2.05) is 51.1 Å². The summed E-state index contributed by atoms with van der Waals surface area (Å²) in [5, 5.41) is 5.09. The van der Waals surface area contributed by atoms with Crippen LogP contribution in [0.2, 0.25) is 0 Å². The monoisotopic (exact) mass is 422 g/mol. The van der Waals surface area contributed by atoms with Crippen LogP contribution in [0.25, 0.3) is 11.0 Å².